The lowest BCUT2D eigenvalue weighted by Crippen LogP contribution is -2.69. The number of halogens is 1. The molecule has 53 nitrogen and oxygen atoms in total. The van der Waals surface area contributed by atoms with E-state index in [1.807, 2.05) is 0 Å². The van der Waals surface area contributed by atoms with Crippen LogP contribution in [0.5, 0.6) is 0 Å². The van der Waals surface area contributed by atoms with Crippen molar-refractivity contribution in [3.63, 3.8) is 0 Å². The molecule has 690 valence electrons. The number of hydrogen-bond donors (Lipinski definition) is 33. The molecule has 10 aliphatic rings. The van der Waals surface area contributed by atoms with Gasteiger partial charge in [-0.05, 0) is 82.3 Å². The molecule has 0 aromatic heterocycles. The number of Topliss-reactive ketones (excluding diaryl/α,β-unsaturated/α-hetero) is 1. The second-order valence-electron chi connectivity index (χ2n) is 29.6. The number of fused-ring (bicyclic) bond motifs is 5. The van der Waals surface area contributed by atoms with Crippen molar-refractivity contribution in [3.05, 3.63) is 23.8 Å². The fourth-order valence-electron chi connectivity index (χ4n) is 16.1. The van der Waals surface area contributed by atoms with Gasteiger partial charge in [-0.3, -0.25) is 55.1 Å². The first-order valence-corrected chi connectivity index (χ1v) is 42.1. The van der Waals surface area contributed by atoms with Crippen LogP contribution < -0.4 is 57.3 Å². The molecule has 9 fully saturated rings. The van der Waals surface area contributed by atoms with E-state index in [-0.39, 0.29) is 56.9 Å². The predicted octanol–water partition coefficient (Wildman–Crippen LogP) is -14.0. The molecule has 4 aliphatic heterocycles. The van der Waals surface area contributed by atoms with Crippen molar-refractivity contribution >= 4 is 63.6 Å². The molecule has 0 spiro atoms. The average molecular weight is 1820 g/mol. The monoisotopic (exact) mass is 1820 g/mol. The third kappa shape index (κ3) is 29.5. The highest BCUT2D eigenvalue weighted by atomic mass is 32.3. The Bertz CT molecular complexity index is 3530. The van der Waals surface area contributed by atoms with Crippen molar-refractivity contribution in [3.8, 4) is 0 Å². The largest absolute Gasteiger partial charge is 0.394 e. The van der Waals surface area contributed by atoms with Crippen LogP contribution >= 0.6 is 0 Å². The number of aliphatic hydroxyl groups is 13. The van der Waals surface area contributed by atoms with Gasteiger partial charge in [0.2, 0.25) is 0 Å². The summed E-state index contributed by atoms with van der Waals surface area (Å²) in [5.74, 6) is -2.12. The summed E-state index contributed by atoms with van der Waals surface area (Å²) in [5.41, 5.74) is 54.4. The van der Waals surface area contributed by atoms with Crippen LogP contribution in [0.2, 0.25) is 0 Å². The molecule has 10 rings (SSSR count). The number of aliphatic hydroxyl groups excluding tert-OH is 12. The smallest absolute Gasteiger partial charge is 0.394 e. The summed E-state index contributed by atoms with van der Waals surface area (Å²) < 4.78 is 220. The number of nitrogens with two attached hydrogens (primary N) is 10. The third-order valence-electron chi connectivity index (χ3n) is 21.6. The second kappa shape index (κ2) is 43.7. The van der Waals surface area contributed by atoms with Gasteiger partial charge in [0.15, 0.2) is 42.4 Å². The van der Waals surface area contributed by atoms with Gasteiger partial charge in [-0.15, -0.1) is 0 Å². The molecule has 0 aromatic carbocycles. The number of allylic oxidation sites excluding steroid dienone is 4. The summed E-state index contributed by atoms with van der Waals surface area (Å²) in [7, 11) is -23.3. The minimum absolute atomic E-state index is 0.0542. The number of carbonyl (C=O) groups excluding carboxylic acids is 2. The van der Waals surface area contributed by atoms with Crippen LogP contribution in [-0.4, -0.2) is 387 Å². The van der Waals surface area contributed by atoms with Gasteiger partial charge in [0.25, 0.3) is 0 Å². The number of ketones is 2. The highest BCUT2D eigenvalue weighted by molar-refractivity contribution is 7.80. The van der Waals surface area contributed by atoms with Gasteiger partial charge in [-0.25, -0.2) is 4.39 Å². The Morgan fingerprint density at radius 3 is 1.11 bits per heavy atom. The van der Waals surface area contributed by atoms with E-state index in [9.17, 15) is 76.0 Å². The minimum Gasteiger partial charge on any atom is -0.394 e. The first-order chi connectivity index (χ1) is 53.1. The molecule has 0 bridgehead atoms. The Morgan fingerprint density at radius 2 is 0.803 bits per heavy atom. The van der Waals surface area contributed by atoms with Gasteiger partial charge in [-0.1, -0.05) is 25.5 Å². The maximum atomic E-state index is 16.9. The van der Waals surface area contributed by atoms with Gasteiger partial charge >= 0.3 is 52.0 Å². The van der Waals surface area contributed by atoms with Gasteiger partial charge in [-0.2, -0.15) is 42.1 Å². The second-order valence-corrected chi connectivity index (χ2v) is 34.0. The topological polar surface area (TPSA) is 1000 Å². The summed E-state index contributed by atoms with van der Waals surface area (Å²) in [6, 6.07) is -6.53. The SMILES string of the molecule is C[C@@H]1CC2C3CCC4=CC(=O)C=C[C@@]4(C)[C@]3(F)[C@H](O)C[C@]2(C)[C@]1(O)C(=O)CO.NC[C@H]1O[C@H](O[C@H]2[C@H](O)[C@@H](O[C@H]3O[C@H](CO)[C@@H](O)[C@H](N)[C@H]3O)[C@H](N)C[C@@H]2N)[C@H](N)C[C@@H]1O.NC[C@H]1O[C@H](O[C@H]2[C@H](O)[C@@H](O[C@H]3O[C@H](CO)[C@@H](O)[C@H](N)[C@H]3O)[C@H](N)C[C@@H]2N)[C@H](N)C[C@@H]1O.O=S(=O)(O)O.O=S(=O)(O)O.O=S(=O)(O)O.O=S(=O)(O)O.O=S(=O)(O)O. The zero-order valence-corrected chi connectivity index (χ0v) is 66.6. The molecular weight excluding hydrogens is 1700 g/mol. The van der Waals surface area contributed by atoms with Crippen LogP contribution in [0.4, 0.5) is 4.39 Å². The lowest BCUT2D eigenvalue weighted by atomic mass is 9.44. The third-order valence-corrected chi connectivity index (χ3v) is 21.6. The highest BCUT2D eigenvalue weighted by Crippen LogP contribution is 2.70. The van der Waals surface area contributed by atoms with Gasteiger partial charge in [0.05, 0.1) is 67.9 Å². The van der Waals surface area contributed by atoms with Crippen molar-refractivity contribution in [2.24, 2.45) is 85.9 Å². The number of carbonyl (C=O) groups is 2. The molecule has 0 aromatic rings. The van der Waals surface area contributed by atoms with Gasteiger partial charge in [0.1, 0.15) is 85.5 Å². The van der Waals surface area contributed by atoms with Crippen LogP contribution in [0.3, 0.4) is 0 Å². The van der Waals surface area contributed by atoms with Crippen molar-refractivity contribution in [2.45, 2.75) is 261 Å². The Morgan fingerprint density at radius 1 is 0.487 bits per heavy atom. The van der Waals surface area contributed by atoms with Crippen LogP contribution in [0.25, 0.3) is 0 Å². The zero-order valence-electron chi connectivity index (χ0n) is 62.5. The molecule has 59 heteroatoms. The highest BCUT2D eigenvalue weighted by Gasteiger charge is 2.75. The van der Waals surface area contributed by atoms with E-state index >= 15 is 4.39 Å². The minimum atomic E-state index is -4.67. The molecule has 36 atom stereocenters. The molecule has 117 heavy (non-hydrogen) atoms. The standard InChI is InChI=1S/C22H29FO5.2C18H37N5O9.5H2O4S/c1-12-8-16-15-5-4-13-9-14(25)6-7-19(13,2)21(15,23)17(26)10-20(16,3)22(12,28)18(27)11-24;2*19-3-9-8(25)2-7(22)17(29-9)31-15-5(20)1-6(21)16(14(15)28)32-18-13(27)11(23)12(26)10(4-24)30-18;5*1-5(2,3)4/h6-7,9,12,15-17,24,26,28H,4-5,8,10-11H2,1-3H3;2*5-18,24-28H,1-4,19-23H2;5*(H2,1,2,3,4)/t12-,15?,16?,17-,19-,20+,21-,22-;2*5-,6+,7+,8-,9+,10+,11-,12+,13+,14-,15+,16-,17+,18+;;;;;/m100...../s1. The Labute approximate surface area is 669 Å². The summed E-state index contributed by atoms with van der Waals surface area (Å²) in [6.45, 7) is 3.48. The molecule has 0 radical (unpaired) electrons. The number of alkyl halides is 1. The zero-order chi connectivity index (χ0) is 90.7. The van der Waals surface area contributed by atoms with Crippen LogP contribution in [-0.2, 0) is 99.5 Å². The molecule has 0 amide bonds. The van der Waals surface area contributed by atoms with E-state index in [1.54, 1.807) is 26.8 Å². The Hall–Kier alpha value is -3.14. The van der Waals surface area contributed by atoms with Crippen molar-refractivity contribution < 1.29 is 206 Å². The predicted molar refractivity (Wildman–Crippen MR) is 388 cm³/mol. The number of rotatable bonds is 14. The van der Waals surface area contributed by atoms with E-state index < -0.39 is 289 Å². The fourth-order valence-corrected chi connectivity index (χ4v) is 16.1. The summed E-state index contributed by atoms with van der Waals surface area (Å²) in [5, 5.41) is 133. The quantitative estimate of drug-likeness (QED) is 0.0718. The van der Waals surface area contributed by atoms with Crippen LogP contribution in [0, 0.1) is 28.6 Å². The fraction of sp³-hybridized carbons (Fsp3) is 0.897. The van der Waals surface area contributed by atoms with E-state index in [0.29, 0.717) is 24.8 Å². The van der Waals surface area contributed by atoms with E-state index in [4.69, 9.17) is 183 Å². The van der Waals surface area contributed by atoms with E-state index in [1.165, 1.54) is 12.2 Å². The van der Waals surface area contributed by atoms with Crippen molar-refractivity contribution in [2.75, 3.05) is 32.9 Å². The summed E-state index contributed by atoms with van der Waals surface area (Å²) >= 11 is 0. The van der Waals surface area contributed by atoms with Gasteiger partial charge < -0.3 is 162 Å². The average Bonchev–Trinajstić information content (AvgIpc) is 1.59. The normalized spacial score (nSPS) is 43.9. The molecule has 5 saturated carbocycles. The molecular formula is C58H113FN10O43S5. The van der Waals surface area contributed by atoms with Gasteiger partial charge in [0, 0.05) is 54.0 Å². The molecule has 2 unspecified atom stereocenters. The van der Waals surface area contributed by atoms with Crippen molar-refractivity contribution in [1.29, 1.82) is 0 Å². The molecule has 4 saturated heterocycles. The number of ether oxygens (including phenoxy) is 8. The Kier molecular flexibility index (Phi) is 40.3. The maximum absolute atomic E-state index is 16.9. The summed E-state index contributed by atoms with van der Waals surface area (Å²) in [4.78, 5) is 24.4. The first-order valence-electron chi connectivity index (χ1n) is 35.2. The van der Waals surface area contributed by atoms with Crippen LogP contribution in [0.15, 0.2) is 23.8 Å². The first kappa shape index (κ1) is 108. The van der Waals surface area contributed by atoms with Crippen molar-refractivity contribution in [1.82, 2.24) is 0 Å². The molecule has 43 N–H and O–H groups in total. The molecule has 6 aliphatic carbocycles. The lowest BCUT2D eigenvalue weighted by Gasteiger charge is -2.62. The number of hydrogen-bond acceptors (Lipinski definition) is 43. The lowest BCUT2D eigenvalue weighted by molar-refractivity contribution is -0.314. The van der Waals surface area contributed by atoms with Crippen LogP contribution in [0.1, 0.15) is 72.1 Å². The van der Waals surface area contributed by atoms with E-state index in [0.717, 1.165) is 0 Å². The molecule has 4 heterocycles. The Balaban J connectivity index is 0.000000395. The maximum Gasteiger partial charge on any atom is 0.394 e. The van der Waals surface area contributed by atoms with E-state index in [2.05, 4.69) is 0 Å². The summed E-state index contributed by atoms with van der Waals surface area (Å²) in [6.07, 6.45) is -17.1.